The minimum Gasteiger partial charge on any atom is -0.550 e. The van der Waals surface area contributed by atoms with Crippen LogP contribution >= 0.6 is 0 Å². The van der Waals surface area contributed by atoms with Crippen LogP contribution in [0.4, 0.5) is 23.3 Å². The van der Waals surface area contributed by atoms with E-state index in [1.165, 1.54) is 12.2 Å². The molecule has 0 bridgehead atoms. The molecule has 0 aliphatic rings. The van der Waals surface area contributed by atoms with Gasteiger partial charge in [0.1, 0.15) is 11.4 Å². The van der Waals surface area contributed by atoms with Crippen LogP contribution < -0.4 is 20.8 Å². The van der Waals surface area contributed by atoms with Crippen molar-refractivity contribution in [1.82, 2.24) is 39.5 Å². The van der Waals surface area contributed by atoms with E-state index in [-0.39, 0.29) is 50.6 Å². The van der Waals surface area contributed by atoms with Gasteiger partial charge in [0.2, 0.25) is 11.9 Å². The van der Waals surface area contributed by atoms with Crippen molar-refractivity contribution in [2.45, 2.75) is 50.1 Å². The van der Waals surface area contributed by atoms with Crippen LogP contribution in [0.3, 0.4) is 0 Å². The maximum Gasteiger partial charge on any atom is 2.00 e. The Labute approximate surface area is 508 Å². The van der Waals surface area contributed by atoms with Crippen molar-refractivity contribution in [1.29, 1.82) is 0 Å². The number of para-hydroxylation sites is 2. The molecule has 4 aromatic heterocycles. The SMILES string of the molecule is O=C([O-])CC(O)CC(O)/C=C/c1c(-c2ccccc2)nn(-c2ccnc(Nc3ccccc3)n2)c1-c1ccccc1.O=C([O-])CC(O)CC(O)C=Cc1c(-c2ccccc2)nn(-c2ccnc(Nc3ccccc3)n2)c1-c1ccccc1.[Ca+2]. The van der Waals surface area contributed by atoms with Crippen LogP contribution in [0.15, 0.2) is 219 Å². The summed E-state index contributed by atoms with van der Waals surface area (Å²) in [5, 5.41) is 79.3. The topological polar surface area (TPSA) is 272 Å². The number of hydrogen-bond acceptors (Lipinski definition) is 16. The quantitative estimate of drug-likeness (QED) is 0.0356. The largest absolute Gasteiger partial charge is 2.00 e. The van der Waals surface area contributed by atoms with E-state index < -0.39 is 49.2 Å². The number of aliphatic carboxylic acids is 2. The molecule has 0 spiro atoms. The van der Waals surface area contributed by atoms with Crippen molar-refractivity contribution in [2.24, 2.45) is 0 Å². The fourth-order valence-electron chi connectivity index (χ4n) is 8.91. The average Bonchev–Trinajstić information content (AvgIpc) is 4.03. The molecule has 10 aromatic rings. The minimum atomic E-state index is -1.38. The Morgan fingerprint density at radius 1 is 0.458 bits per heavy atom. The molecule has 10 rings (SSSR count). The number of carboxylic acid groups (broad SMARTS) is 2. The molecule has 0 saturated heterocycles. The maximum atomic E-state index is 10.8. The Bertz CT molecular complexity index is 3500. The normalized spacial score (nSPS) is 12.6. The van der Waals surface area contributed by atoms with Crippen molar-refractivity contribution in [3.05, 3.63) is 230 Å². The third-order valence-corrected chi connectivity index (χ3v) is 12.6. The van der Waals surface area contributed by atoms with E-state index in [0.717, 1.165) is 45.0 Å². The first-order valence-corrected chi connectivity index (χ1v) is 26.2. The molecule has 6 aromatic carbocycles. The van der Waals surface area contributed by atoms with Crippen LogP contribution in [-0.4, -0.2) is 134 Å². The van der Waals surface area contributed by atoms with Gasteiger partial charge in [0, 0.05) is 107 Å². The van der Waals surface area contributed by atoms with E-state index in [1.807, 2.05) is 182 Å². The van der Waals surface area contributed by atoms with Gasteiger partial charge in [0.25, 0.3) is 0 Å². The first-order chi connectivity index (χ1) is 39.9. The number of hydrogen-bond donors (Lipinski definition) is 6. The molecular formula is C64H56CaN10O8. The number of nitrogens with one attached hydrogen (secondary N) is 2. The average molecular weight is 1130 g/mol. The zero-order valence-corrected chi connectivity index (χ0v) is 47.0. The first-order valence-electron chi connectivity index (χ1n) is 26.2. The Kier molecular flexibility index (Phi) is 21.5. The van der Waals surface area contributed by atoms with Gasteiger partial charge in [-0.2, -0.15) is 20.2 Å². The molecule has 0 saturated carbocycles. The summed E-state index contributed by atoms with van der Waals surface area (Å²) in [7, 11) is 0. The molecule has 4 atom stereocenters. The number of rotatable bonds is 22. The van der Waals surface area contributed by atoms with Crippen LogP contribution in [0, 0.1) is 0 Å². The molecule has 18 nitrogen and oxygen atoms in total. The number of aliphatic hydroxyl groups is 4. The summed E-state index contributed by atoms with van der Waals surface area (Å²) in [6.07, 6.45) is 3.78. The summed E-state index contributed by atoms with van der Waals surface area (Å²) in [6.45, 7) is 0. The molecule has 4 heterocycles. The molecule has 0 aliphatic heterocycles. The van der Waals surface area contributed by atoms with Crippen molar-refractivity contribution in [3.8, 4) is 56.7 Å². The summed E-state index contributed by atoms with van der Waals surface area (Å²) in [5.41, 5.74) is 9.32. The molecule has 412 valence electrons. The van der Waals surface area contributed by atoms with Gasteiger partial charge in [0.05, 0.1) is 35.8 Å². The summed E-state index contributed by atoms with van der Waals surface area (Å²) in [5.74, 6) is -0.895. The van der Waals surface area contributed by atoms with Crippen molar-refractivity contribution in [2.75, 3.05) is 10.6 Å². The molecule has 4 unspecified atom stereocenters. The Morgan fingerprint density at radius 3 is 1.10 bits per heavy atom. The number of carbonyl (C=O) groups excluding carboxylic acids is 2. The molecule has 19 heteroatoms. The maximum absolute atomic E-state index is 10.8. The van der Waals surface area contributed by atoms with Crippen LogP contribution in [0.2, 0.25) is 0 Å². The third-order valence-electron chi connectivity index (χ3n) is 12.6. The Balaban J connectivity index is 0.000000214. The van der Waals surface area contributed by atoms with E-state index in [1.54, 1.807) is 46.0 Å². The van der Waals surface area contributed by atoms with Gasteiger partial charge in [0.15, 0.2) is 11.6 Å². The summed E-state index contributed by atoms with van der Waals surface area (Å²) < 4.78 is 3.49. The number of benzene rings is 6. The number of aliphatic hydroxyl groups excluding tert-OH is 4. The molecule has 0 radical (unpaired) electrons. The van der Waals surface area contributed by atoms with Gasteiger partial charge in [-0.15, -0.1) is 0 Å². The van der Waals surface area contributed by atoms with E-state index in [4.69, 9.17) is 20.2 Å². The number of carbonyl (C=O) groups is 2. The van der Waals surface area contributed by atoms with Crippen molar-refractivity contribution >= 4 is 85.1 Å². The first kappa shape index (κ1) is 60.1. The van der Waals surface area contributed by atoms with Crippen molar-refractivity contribution < 1.29 is 40.2 Å². The van der Waals surface area contributed by atoms with Crippen LogP contribution in [-0.2, 0) is 9.59 Å². The van der Waals surface area contributed by atoms with Gasteiger partial charge in [-0.3, -0.25) is 0 Å². The fourth-order valence-corrected chi connectivity index (χ4v) is 8.91. The van der Waals surface area contributed by atoms with Gasteiger partial charge in [-0.1, -0.05) is 182 Å². The van der Waals surface area contributed by atoms with Gasteiger partial charge < -0.3 is 50.9 Å². The summed E-state index contributed by atoms with van der Waals surface area (Å²) in [6, 6.07) is 61.5. The predicted octanol–water partition coefficient (Wildman–Crippen LogP) is 7.63. The molecule has 0 aliphatic carbocycles. The fraction of sp³-hybridized carbons (Fsp3) is 0.125. The number of nitrogens with zero attached hydrogens (tertiary/aromatic N) is 8. The van der Waals surface area contributed by atoms with E-state index in [9.17, 15) is 40.2 Å². The molecular weight excluding hydrogens is 1080 g/mol. The summed E-state index contributed by atoms with van der Waals surface area (Å²) >= 11 is 0. The standard InChI is InChI=1S/2C32H29N5O4.Ca/c2*38-25(20-26(39)21-29(40)41)16-17-27-30(22-10-4-1-5-11-22)36-37(31(27)23-12-6-2-7-13-23)28-18-19-33-32(35-28)34-24-14-8-3-9-15-24;/h2*1-19,25-26,38-39H,20-21H2,(H,40,41)(H,33,34,35);/q;;+2/p-2/b17-16+;;. The number of carboxylic acids is 2. The molecule has 6 N–H and O–H groups in total. The monoisotopic (exact) mass is 1130 g/mol. The predicted molar refractivity (Wildman–Crippen MR) is 316 cm³/mol. The van der Waals surface area contributed by atoms with Crippen LogP contribution in [0.25, 0.3) is 68.8 Å². The van der Waals surface area contributed by atoms with E-state index in [2.05, 4.69) is 20.6 Å². The number of aromatic nitrogens is 8. The van der Waals surface area contributed by atoms with Gasteiger partial charge in [-0.25, -0.2) is 19.3 Å². The minimum absolute atomic E-state index is 0. The molecule has 0 fully saturated rings. The second-order valence-corrected chi connectivity index (χ2v) is 18.8. The van der Waals surface area contributed by atoms with E-state index in [0.29, 0.717) is 46.0 Å². The van der Waals surface area contributed by atoms with E-state index >= 15 is 0 Å². The third kappa shape index (κ3) is 16.6. The zero-order chi connectivity index (χ0) is 57.2. The molecule has 83 heavy (non-hydrogen) atoms. The van der Waals surface area contributed by atoms with Crippen molar-refractivity contribution in [3.63, 3.8) is 0 Å². The van der Waals surface area contributed by atoms with Crippen LogP contribution in [0.5, 0.6) is 0 Å². The Morgan fingerprint density at radius 2 is 0.771 bits per heavy atom. The second kappa shape index (κ2) is 29.7. The van der Waals surface area contributed by atoms with Crippen LogP contribution in [0.1, 0.15) is 36.8 Å². The second-order valence-electron chi connectivity index (χ2n) is 18.8. The number of anilines is 4. The zero-order valence-electron chi connectivity index (χ0n) is 44.8. The smallest absolute Gasteiger partial charge is 0.550 e. The van der Waals surface area contributed by atoms with Gasteiger partial charge >= 0.3 is 37.7 Å². The van der Waals surface area contributed by atoms with Gasteiger partial charge in [-0.05, 0) is 24.3 Å². The summed E-state index contributed by atoms with van der Waals surface area (Å²) in [4.78, 5) is 39.9. The molecule has 0 amide bonds. The Hall–Kier alpha value is -8.98.